The number of hydrogen-bond acceptors (Lipinski definition) is 2. The Morgan fingerprint density at radius 3 is 2.80 bits per heavy atom. The summed E-state index contributed by atoms with van der Waals surface area (Å²) in [5.74, 6) is 0.669. The van der Waals surface area contributed by atoms with Crippen molar-refractivity contribution in [2.75, 3.05) is 5.32 Å². The standard InChI is InChI=1S/C17H21ClN2/c1-11-9-17(2,3)10-15(11)20-14-8-13(18)7-12-5-4-6-19-16(12)14/h4-8,11,15,20H,9-10H2,1-3H3. The molecule has 1 aliphatic carbocycles. The van der Waals surface area contributed by atoms with E-state index in [0.717, 1.165) is 21.6 Å². The summed E-state index contributed by atoms with van der Waals surface area (Å²) in [5, 5.41) is 5.54. The van der Waals surface area contributed by atoms with Gasteiger partial charge in [-0.25, -0.2) is 0 Å². The Kier molecular flexibility index (Phi) is 3.37. The number of anilines is 1. The van der Waals surface area contributed by atoms with Crippen molar-refractivity contribution in [3.63, 3.8) is 0 Å². The van der Waals surface area contributed by atoms with E-state index in [1.54, 1.807) is 0 Å². The minimum atomic E-state index is 0.416. The van der Waals surface area contributed by atoms with Crippen LogP contribution in [0.3, 0.4) is 0 Å². The Labute approximate surface area is 125 Å². The number of rotatable bonds is 2. The highest BCUT2D eigenvalue weighted by Crippen LogP contribution is 2.42. The van der Waals surface area contributed by atoms with Crippen molar-refractivity contribution in [1.82, 2.24) is 4.98 Å². The summed E-state index contributed by atoms with van der Waals surface area (Å²) >= 11 is 6.23. The number of nitrogens with zero attached hydrogens (tertiary/aromatic N) is 1. The molecular weight excluding hydrogens is 268 g/mol. The van der Waals surface area contributed by atoms with Gasteiger partial charge in [-0.15, -0.1) is 0 Å². The minimum absolute atomic E-state index is 0.416. The topological polar surface area (TPSA) is 24.9 Å². The number of aromatic nitrogens is 1. The first-order valence-electron chi connectivity index (χ1n) is 7.25. The van der Waals surface area contributed by atoms with Gasteiger partial charge in [-0.3, -0.25) is 4.98 Å². The number of nitrogens with one attached hydrogen (secondary N) is 1. The van der Waals surface area contributed by atoms with Gasteiger partial charge in [0.05, 0.1) is 11.2 Å². The summed E-state index contributed by atoms with van der Waals surface area (Å²) in [6, 6.07) is 8.46. The molecule has 3 heteroatoms. The van der Waals surface area contributed by atoms with Gasteiger partial charge >= 0.3 is 0 Å². The van der Waals surface area contributed by atoms with E-state index in [4.69, 9.17) is 11.6 Å². The number of fused-ring (bicyclic) bond motifs is 1. The van der Waals surface area contributed by atoms with Crippen LogP contribution in [0.4, 0.5) is 5.69 Å². The van der Waals surface area contributed by atoms with Crippen LogP contribution in [-0.4, -0.2) is 11.0 Å². The van der Waals surface area contributed by atoms with Crippen LogP contribution < -0.4 is 5.32 Å². The van der Waals surface area contributed by atoms with Gasteiger partial charge in [0.2, 0.25) is 0 Å². The zero-order chi connectivity index (χ0) is 14.3. The average Bonchev–Trinajstić information content (AvgIpc) is 2.62. The summed E-state index contributed by atoms with van der Waals surface area (Å²) in [7, 11) is 0. The van der Waals surface area contributed by atoms with Crippen molar-refractivity contribution in [3.8, 4) is 0 Å². The zero-order valence-corrected chi connectivity index (χ0v) is 13.0. The highest BCUT2D eigenvalue weighted by Gasteiger charge is 2.36. The lowest BCUT2D eigenvalue weighted by molar-refractivity contribution is 0.366. The zero-order valence-electron chi connectivity index (χ0n) is 12.3. The SMILES string of the molecule is CC1CC(C)(C)CC1Nc1cc(Cl)cc2cccnc12. The second-order valence-electron chi connectivity index (χ2n) is 6.83. The molecule has 1 saturated carbocycles. The molecule has 3 rings (SSSR count). The molecule has 2 atom stereocenters. The van der Waals surface area contributed by atoms with Crippen molar-refractivity contribution in [1.29, 1.82) is 0 Å². The maximum atomic E-state index is 6.23. The van der Waals surface area contributed by atoms with Crippen molar-refractivity contribution in [3.05, 3.63) is 35.5 Å². The second-order valence-corrected chi connectivity index (χ2v) is 7.27. The molecule has 1 heterocycles. The fourth-order valence-corrected chi connectivity index (χ4v) is 3.78. The maximum Gasteiger partial charge on any atom is 0.0934 e. The van der Waals surface area contributed by atoms with E-state index in [2.05, 4.69) is 37.1 Å². The molecule has 2 aromatic rings. The van der Waals surface area contributed by atoms with Crippen LogP contribution in [0.25, 0.3) is 10.9 Å². The monoisotopic (exact) mass is 288 g/mol. The maximum absolute atomic E-state index is 6.23. The molecule has 106 valence electrons. The van der Waals surface area contributed by atoms with E-state index in [1.165, 1.54) is 12.8 Å². The Bertz CT molecular complexity index is 636. The lowest BCUT2D eigenvalue weighted by atomic mass is 9.91. The molecule has 1 fully saturated rings. The van der Waals surface area contributed by atoms with E-state index >= 15 is 0 Å². The molecule has 0 aliphatic heterocycles. The van der Waals surface area contributed by atoms with E-state index in [9.17, 15) is 0 Å². The Morgan fingerprint density at radius 1 is 1.30 bits per heavy atom. The molecular formula is C17H21ClN2. The Morgan fingerprint density at radius 2 is 2.10 bits per heavy atom. The van der Waals surface area contributed by atoms with Gasteiger partial charge in [0.15, 0.2) is 0 Å². The second kappa shape index (κ2) is 4.92. The normalized spacial score (nSPS) is 25.0. The molecule has 1 N–H and O–H groups in total. The quantitative estimate of drug-likeness (QED) is 0.829. The van der Waals surface area contributed by atoms with E-state index in [1.807, 2.05) is 24.4 Å². The van der Waals surface area contributed by atoms with E-state index < -0.39 is 0 Å². The fourth-order valence-electron chi connectivity index (χ4n) is 3.55. The number of pyridine rings is 1. The number of benzene rings is 1. The average molecular weight is 289 g/mol. The van der Waals surface area contributed by atoms with Crippen LogP contribution >= 0.6 is 11.6 Å². The fraction of sp³-hybridized carbons (Fsp3) is 0.471. The number of hydrogen-bond donors (Lipinski definition) is 1. The first-order valence-corrected chi connectivity index (χ1v) is 7.63. The largest absolute Gasteiger partial charge is 0.380 e. The molecule has 1 aromatic heterocycles. The van der Waals surface area contributed by atoms with Crippen LogP contribution in [0.2, 0.25) is 5.02 Å². The Hall–Kier alpha value is -1.28. The highest BCUT2D eigenvalue weighted by atomic mass is 35.5. The van der Waals surface area contributed by atoms with Crippen LogP contribution in [-0.2, 0) is 0 Å². The van der Waals surface area contributed by atoms with Crippen molar-refractivity contribution in [2.24, 2.45) is 11.3 Å². The third kappa shape index (κ3) is 2.62. The predicted octanol–water partition coefficient (Wildman–Crippen LogP) is 5.12. The summed E-state index contributed by atoms with van der Waals surface area (Å²) < 4.78 is 0. The van der Waals surface area contributed by atoms with Crippen LogP contribution in [0, 0.1) is 11.3 Å². The summed E-state index contributed by atoms with van der Waals surface area (Å²) in [6.07, 6.45) is 4.29. The van der Waals surface area contributed by atoms with E-state index in [0.29, 0.717) is 17.4 Å². The van der Waals surface area contributed by atoms with Crippen molar-refractivity contribution in [2.45, 2.75) is 39.7 Å². The molecule has 0 spiro atoms. The molecule has 1 aliphatic rings. The third-order valence-corrected chi connectivity index (χ3v) is 4.56. The molecule has 0 radical (unpaired) electrons. The number of halogens is 1. The highest BCUT2D eigenvalue weighted by molar-refractivity contribution is 6.31. The molecule has 2 unspecified atom stereocenters. The molecule has 0 amide bonds. The van der Waals surface area contributed by atoms with Crippen LogP contribution in [0.1, 0.15) is 33.6 Å². The Balaban J connectivity index is 1.95. The van der Waals surface area contributed by atoms with Crippen LogP contribution in [0.5, 0.6) is 0 Å². The predicted molar refractivity (Wildman–Crippen MR) is 86.3 cm³/mol. The van der Waals surface area contributed by atoms with Crippen molar-refractivity contribution >= 4 is 28.2 Å². The van der Waals surface area contributed by atoms with Gasteiger partial charge in [0.25, 0.3) is 0 Å². The van der Waals surface area contributed by atoms with Gasteiger partial charge < -0.3 is 5.32 Å². The summed E-state index contributed by atoms with van der Waals surface area (Å²) in [5.41, 5.74) is 2.48. The first-order chi connectivity index (χ1) is 9.44. The first kappa shape index (κ1) is 13.7. The molecule has 1 aromatic carbocycles. The molecule has 0 saturated heterocycles. The summed E-state index contributed by atoms with van der Waals surface area (Å²) in [6.45, 7) is 7.02. The minimum Gasteiger partial charge on any atom is -0.380 e. The van der Waals surface area contributed by atoms with Crippen molar-refractivity contribution < 1.29 is 0 Å². The van der Waals surface area contributed by atoms with Gasteiger partial charge in [-0.05, 0) is 42.4 Å². The molecule has 0 bridgehead atoms. The van der Waals surface area contributed by atoms with Gasteiger partial charge in [0, 0.05) is 22.6 Å². The van der Waals surface area contributed by atoms with Gasteiger partial charge in [-0.1, -0.05) is 38.4 Å². The lowest BCUT2D eigenvalue weighted by Gasteiger charge is -2.20. The van der Waals surface area contributed by atoms with Gasteiger partial charge in [0.1, 0.15) is 0 Å². The van der Waals surface area contributed by atoms with E-state index in [-0.39, 0.29) is 0 Å². The van der Waals surface area contributed by atoms with Crippen LogP contribution in [0.15, 0.2) is 30.5 Å². The molecule has 20 heavy (non-hydrogen) atoms. The van der Waals surface area contributed by atoms with Gasteiger partial charge in [-0.2, -0.15) is 0 Å². The smallest absolute Gasteiger partial charge is 0.0934 e. The third-order valence-electron chi connectivity index (χ3n) is 4.34. The molecule has 2 nitrogen and oxygen atoms in total. The summed E-state index contributed by atoms with van der Waals surface area (Å²) in [4.78, 5) is 4.50. The lowest BCUT2D eigenvalue weighted by Crippen LogP contribution is -2.22.